The van der Waals surface area contributed by atoms with Crippen LogP contribution in [0.4, 0.5) is 4.39 Å². The molecule has 1 N–H and O–H groups in total. The monoisotopic (exact) mass is 251 g/mol. The van der Waals surface area contributed by atoms with Crippen molar-refractivity contribution in [1.29, 1.82) is 0 Å². The van der Waals surface area contributed by atoms with E-state index in [1.807, 2.05) is 17.6 Å². The van der Waals surface area contributed by atoms with E-state index in [2.05, 4.69) is 0 Å². The first-order chi connectivity index (χ1) is 8.68. The Labute approximate surface area is 103 Å². The zero-order valence-corrected chi connectivity index (χ0v) is 10.2. The molecule has 2 heterocycles. The maximum Gasteiger partial charge on any atom is 0.231 e. The van der Waals surface area contributed by atoms with Crippen molar-refractivity contribution in [3.8, 4) is 11.5 Å². The van der Waals surface area contributed by atoms with Crippen LogP contribution in [0.3, 0.4) is 0 Å². The topological polar surface area (TPSA) is 51.5 Å². The highest BCUT2D eigenvalue weighted by Crippen LogP contribution is 2.31. The molecule has 1 aromatic heterocycles. The molecule has 0 atom stereocenters. The Kier molecular flexibility index (Phi) is 3.23. The Balaban J connectivity index is 0.000000574. The summed E-state index contributed by atoms with van der Waals surface area (Å²) >= 11 is 0. The van der Waals surface area contributed by atoms with Gasteiger partial charge in [-0.1, -0.05) is 6.07 Å². The van der Waals surface area contributed by atoms with Crippen LogP contribution in [0.5, 0.6) is 11.5 Å². The molecule has 5 heteroatoms. The molecule has 0 bridgehead atoms. The van der Waals surface area contributed by atoms with E-state index in [4.69, 9.17) is 4.74 Å². The second kappa shape index (κ2) is 4.68. The van der Waals surface area contributed by atoms with Gasteiger partial charge in [-0.3, -0.25) is 9.18 Å². The highest BCUT2D eigenvalue weighted by Gasteiger charge is 2.18. The molecule has 0 amide bonds. The first kappa shape index (κ1) is 12.4. The molecule has 0 radical (unpaired) electrons. The van der Waals surface area contributed by atoms with E-state index in [0.717, 1.165) is 16.8 Å². The van der Waals surface area contributed by atoms with Crippen LogP contribution in [0.2, 0.25) is 0 Å². The quantitative estimate of drug-likeness (QED) is 0.779. The van der Waals surface area contributed by atoms with Crippen LogP contribution in [-0.4, -0.2) is 23.5 Å². The van der Waals surface area contributed by atoms with Crippen LogP contribution < -0.4 is 10.2 Å². The molecule has 3 rings (SSSR count). The number of alkyl halides is 1. The number of nitrogens with zero attached hydrogens (tertiary/aromatic N) is 1. The second-order valence-electron chi connectivity index (χ2n) is 3.99. The van der Waals surface area contributed by atoms with E-state index in [1.165, 1.54) is 6.20 Å². The molecule has 2 aromatic rings. The second-order valence-corrected chi connectivity index (χ2v) is 3.99. The Morgan fingerprint density at radius 2 is 2.11 bits per heavy atom. The molecule has 0 aliphatic carbocycles. The highest BCUT2D eigenvalue weighted by molar-refractivity contribution is 5.87. The van der Waals surface area contributed by atoms with E-state index >= 15 is 0 Å². The van der Waals surface area contributed by atoms with E-state index in [0.29, 0.717) is 25.7 Å². The van der Waals surface area contributed by atoms with Crippen LogP contribution in [0, 0.1) is 6.92 Å². The van der Waals surface area contributed by atoms with E-state index in [1.54, 1.807) is 6.07 Å². The third-order valence-electron chi connectivity index (χ3n) is 2.95. The largest absolute Gasteiger partial charge is 0.503 e. The van der Waals surface area contributed by atoms with E-state index in [9.17, 15) is 14.3 Å². The maximum absolute atomic E-state index is 11.8. The fourth-order valence-electron chi connectivity index (χ4n) is 2.15. The van der Waals surface area contributed by atoms with Crippen molar-refractivity contribution in [2.24, 2.45) is 0 Å². The van der Waals surface area contributed by atoms with E-state index in [-0.39, 0.29) is 11.2 Å². The normalized spacial score (nSPS) is 12.6. The van der Waals surface area contributed by atoms with Gasteiger partial charge in [0.1, 0.15) is 12.4 Å². The molecule has 1 aliphatic heterocycles. The van der Waals surface area contributed by atoms with Crippen molar-refractivity contribution in [2.45, 2.75) is 13.5 Å². The van der Waals surface area contributed by atoms with Crippen LogP contribution in [0.15, 0.2) is 23.1 Å². The predicted octanol–water partition coefficient (Wildman–Crippen LogP) is 1.99. The van der Waals surface area contributed by atoms with Crippen molar-refractivity contribution in [3.05, 3.63) is 34.1 Å². The molecule has 0 saturated carbocycles. The fraction of sp³-hybridized carbons (Fsp3) is 0.308. The summed E-state index contributed by atoms with van der Waals surface area (Å²) in [5.74, 6) is 0.546. The van der Waals surface area contributed by atoms with Crippen molar-refractivity contribution >= 4 is 10.9 Å². The fourth-order valence-corrected chi connectivity index (χ4v) is 2.15. The lowest BCUT2D eigenvalue weighted by Crippen LogP contribution is -2.19. The minimum Gasteiger partial charge on any atom is -0.503 e. The van der Waals surface area contributed by atoms with E-state index < -0.39 is 0 Å². The molecular formula is C13H14FNO3. The molecular weight excluding hydrogens is 237 g/mol. The predicted molar refractivity (Wildman–Crippen MR) is 67.1 cm³/mol. The summed E-state index contributed by atoms with van der Waals surface area (Å²) in [6.45, 7) is 3.16. The Hall–Kier alpha value is -2.04. The molecule has 18 heavy (non-hydrogen) atoms. The minimum absolute atomic E-state index is 0.204. The average Bonchev–Trinajstić information content (AvgIpc) is 2.40. The summed E-state index contributed by atoms with van der Waals surface area (Å²) in [5.41, 5.74) is 1.46. The van der Waals surface area contributed by atoms with Gasteiger partial charge in [0.25, 0.3) is 0 Å². The van der Waals surface area contributed by atoms with Gasteiger partial charge in [-0.05, 0) is 18.6 Å². The third kappa shape index (κ3) is 1.72. The molecule has 0 saturated heterocycles. The van der Waals surface area contributed by atoms with Gasteiger partial charge in [-0.25, -0.2) is 0 Å². The van der Waals surface area contributed by atoms with Gasteiger partial charge in [0.2, 0.25) is 5.43 Å². The first-order valence-electron chi connectivity index (χ1n) is 5.55. The number of hydrogen-bond donors (Lipinski definition) is 1. The van der Waals surface area contributed by atoms with Gasteiger partial charge in [0.15, 0.2) is 5.75 Å². The van der Waals surface area contributed by atoms with Crippen LogP contribution in [0.1, 0.15) is 5.56 Å². The minimum atomic E-state index is -0.335. The summed E-state index contributed by atoms with van der Waals surface area (Å²) in [6, 6.07) is 3.58. The smallest absolute Gasteiger partial charge is 0.231 e. The molecule has 1 aromatic carbocycles. The van der Waals surface area contributed by atoms with Gasteiger partial charge in [-0.2, -0.15) is 0 Å². The van der Waals surface area contributed by atoms with Crippen molar-refractivity contribution < 1.29 is 14.2 Å². The lowest BCUT2D eigenvalue weighted by molar-refractivity contribution is 0.283. The van der Waals surface area contributed by atoms with Gasteiger partial charge < -0.3 is 14.4 Å². The number of halogens is 1. The van der Waals surface area contributed by atoms with Gasteiger partial charge in [-0.15, -0.1) is 0 Å². The Morgan fingerprint density at radius 1 is 1.39 bits per heavy atom. The summed E-state index contributed by atoms with van der Waals surface area (Å²) in [7, 11) is 0.500. The molecule has 0 fully saturated rings. The first-order valence-corrected chi connectivity index (χ1v) is 5.55. The average molecular weight is 251 g/mol. The van der Waals surface area contributed by atoms with Crippen molar-refractivity contribution in [3.63, 3.8) is 0 Å². The zero-order valence-electron chi connectivity index (χ0n) is 10.2. The number of aromatic hydroxyl groups is 1. The number of pyridine rings is 1. The number of rotatable bonds is 0. The molecule has 0 spiro atoms. The summed E-state index contributed by atoms with van der Waals surface area (Å²) in [4.78, 5) is 11.8. The van der Waals surface area contributed by atoms with Crippen LogP contribution in [-0.2, 0) is 6.54 Å². The molecule has 1 aliphatic rings. The van der Waals surface area contributed by atoms with Gasteiger partial charge in [0, 0.05) is 0 Å². The summed E-state index contributed by atoms with van der Waals surface area (Å²) in [5, 5.41) is 10.1. The lowest BCUT2D eigenvalue weighted by atomic mass is 10.1. The maximum atomic E-state index is 11.8. The summed E-state index contributed by atoms with van der Waals surface area (Å²) < 4.78 is 17.0. The van der Waals surface area contributed by atoms with Crippen molar-refractivity contribution in [1.82, 2.24) is 4.57 Å². The lowest BCUT2D eigenvalue weighted by Gasteiger charge is -2.22. The Morgan fingerprint density at radius 3 is 2.83 bits per heavy atom. The highest BCUT2D eigenvalue weighted by atomic mass is 19.1. The number of ether oxygens (including phenoxy) is 1. The number of hydrogen-bond acceptors (Lipinski definition) is 3. The van der Waals surface area contributed by atoms with Crippen LogP contribution >= 0.6 is 0 Å². The number of aryl methyl sites for hydroxylation is 1. The molecule has 4 nitrogen and oxygen atoms in total. The number of aromatic nitrogens is 1. The molecule has 96 valence electrons. The van der Waals surface area contributed by atoms with Crippen LogP contribution in [0.25, 0.3) is 10.9 Å². The number of benzene rings is 1. The van der Waals surface area contributed by atoms with Crippen molar-refractivity contribution in [2.75, 3.05) is 13.8 Å². The van der Waals surface area contributed by atoms with Gasteiger partial charge in [0.05, 0.1) is 30.8 Å². The SMILES string of the molecule is CF.Cc1ccc2c(=O)c(O)cn3c2c1OCC3. The zero-order chi connectivity index (χ0) is 13.3. The summed E-state index contributed by atoms with van der Waals surface area (Å²) in [6.07, 6.45) is 1.48. The Bertz CT molecular complexity index is 649. The molecule has 0 unspecified atom stereocenters. The van der Waals surface area contributed by atoms with Gasteiger partial charge >= 0.3 is 0 Å². The third-order valence-corrected chi connectivity index (χ3v) is 2.95. The standard InChI is InChI=1S/C12H11NO3.CH3F/c1-7-2-3-8-10-12(7)16-5-4-13(10)6-9(14)11(8)15;1-2/h2-3,6,14H,4-5H2,1H3;1H3.